The number of rotatable bonds is 6. The Morgan fingerprint density at radius 3 is 1.55 bits per heavy atom. The molecule has 294 valence electrons. The van der Waals surface area contributed by atoms with Crippen LogP contribution in [0.15, 0.2) is 212 Å². The lowest BCUT2D eigenvalue weighted by Gasteiger charge is -2.26. The summed E-state index contributed by atoms with van der Waals surface area (Å²) in [5, 5.41) is 7.61. The van der Waals surface area contributed by atoms with Crippen LogP contribution in [0.5, 0.6) is 0 Å². The lowest BCUT2D eigenvalue weighted by molar-refractivity contribution is 0.660. The molecule has 12 rings (SSSR count). The second-order valence-corrected chi connectivity index (χ2v) is 17.4. The Balaban J connectivity index is 0.978. The van der Waals surface area contributed by atoms with Gasteiger partial charge in [0.25, 0.3) is 0 Å². The average molecular weight is 793 g/mol. The normalized spacial score (nSPS) is 12.9. The van der Waals surface area contributed by atoms with E-state index in [0.717, 1.165) is 22.7 Å². The molecule has 0 aliphatic heterocycles. The molecule has 1 aromatic heterocycles. The van der Waals surface area contributed by atoms with Gasteiger partial charge < -0.3 is 9.47 Å². The molecule has 2 nitrogen and oxygen atoms in total. The predicted octanol–water partition coefficient (Wildman–Crippen LogP) is 16.5. The number of fused-ring (bicyclic) bond motifs is 8. The lowest BCUT2D eigenvalue weighted by atomic mass is 9.80. The van der Waals surface area contributed by atoms with Crippen LogP contribution in [0, 0.1) is 6.92 Å². The number of aryl methyl sites for hydroxylation is 1. The van der Waals surface area contributed by atoms with Crippen molar-refractivity contribution in [1.29, 1.82) is 0 Å². The van der Waals surface area contributed by atoms with E-state index in [1.54, 1.807) is 0 Å². The summed E-state index contributed by atoms with van der Waals surface area (Å²) in [4.78, 5) is 2.36. The van der Waals surface area contributed by atoms with Gasteiger partial charge in [0.2, 0.25) is 0 Å². The molecular formula is C60H44N2. The molecule has 11 aromatic rings. The summed E-state index contributed by atoms with van der Waals surface area (Å²) in [5.41, 5.74) is 18.6. The number of aromatic nitrogens is 1. The van der Waals surface area contributed by atoms with Gasteiger partial charge >= 0.3 is 0 Å². The second-order valence-electron chi connectivity index (χ2n) is 17.4. The molecule has 0 saturated heterocycles. The maximum atomic E-state index is 2.47. The van der Waals surface area contributed by atoms with Gasteiger partial charge in [0, 0.05) is 38.9 Å². The Hall–Kier alpha value is -7.68. The molecule has 10 aromatic carbocycles. The van der Waals surface area contributed by atoms with Gasteiger partial charge in [-0.05, 0) is 140 Å². The van der Waals surface area contributed by atoms with Crippen molar-refractivity contribution in [2.24, 2.45) is 0 Å². The summed E-state index contributed by atoms with van der Waals surface area (Å²) < 4.78 is 2.38. The Bertz CT molecular complexity index is 3480. The molecule has 0 fully saturated rings. The smallest absolute Gasteiger partial charge is 0.0541 e. The molecular weight excluding hydrogens is 749 g/mol. The summed E-state index contributed by atoms with van der Waals surface area (Å²) in [6.45, 7) is 6.95. The van der Waals surface area contributed by atoms with Crippen LogP contribution in [0.2, 0.25) is 0 Å². The molecule has 1 aliphatic rings. The first kappa shape index (κ1) is 36.2. The van der Waals surface area contributed by atoms with Crippen molar-refractivity contribution in [2.45, 2.75) is 26.2 Å². The molecule has 1 heterocycles. The largest absolute Gasteiger partial charge is 0.311 e. The topological polar surface area (TPSA) is 8.17 Å². The third kappa shape index (κ3) is 5.50. The summed E-state index contributed by atoms with van der Waals surface area (Å²) in [6.07, 6.45) is 0. The van der Waals surface area contributed by atoms with E-state index in [9.17, 15) is 0 Å². The third-order valence-electron chi connectivity index (χ3n) is 13.4. The Kier molecular flexibility index (Phi) is 8.14. The van der Waals surface area contributed by atoms with E-state index in [0.29, 0.717) is 0 Å². The van der Waals surface area contributed by atoms with Crippen molar-refractivity contribution in [3.8, 4) is 39.1 Å². The molecule has 0 atom stereocenters. The summed E-state index contributed by atoms with van der Waals surface area (Å²) >= 11 is 0. The van der Waals surface area contributed by atoms with Crippen LogP contribution >= 0.6 is 0 Å². The quantitative estimate of drug-likeness (QED) is 0.152. The van der Waals surface area contributed by atoms with Gasteiger partial charge in [-0.15, -0.1) is 0 Å². The van der Waals surface area contributed by atoms with E-state index in [2.05, 4.69) is 243 Å². The molecule has 0 N–H and O–H groups in total. The molecule has 0 radical (unpaired) electrons. The van der Waals surface area contributed by atoms with E-state index in [1.807, 2.05) is 0 Å². The van der Waals surface area contributed by atoms with Crippen LogP contribution in [-0.2, 0) is 5.41 Å². The molecule has 0 bridgehead atoms. The summed E-state index contributed by atoms with van der Waals surface area (Å²) in [6, 6.07) is 78.4. The minimum absolute atomic E-state index is 0.0762. The Morgan fingerprint density at radius 1 is 0.371 bits per heavy atom. The Morgan fingerprint density at radius 2 is 0.871 bits per heavy atom. The number of hydrogen-bond donors (Lipinski definition) is 0. The maximum Gasteiger partial charge on any atom is 0.0541 e. The minimum atomic E-state index is -0.0762. The molecule has 0 spiro atoms. The van der Waals surface area contributed by atoms with Crippen LogP contribution in [-0.4, -0.2) is 4.57 Å². The second kappa shape index (κ2) is 13.9. The molecule has 62 heavy (non-hydrogen) atoms. The third-order valence-corrected chi connectivity index (χ3v) is 13.4. The highest BCUT2D eigenvalue weighted by molar-refractivity contribution is 6.21. The molecule has 2 heteroatoms. The summed E-state index contributed by atoms with van der Waals surface area (Å²) in [5.74, 6) is 0. The first-order valence-corrected chi connectivity index (χ1v) is 21.7. The highest BCUT2D eigenvalue weighted by Crippen LogP contribution is 2.51. The van der Waals surface area contributed by atoms with Gasteiger partial charge in [-0.25, -0.2) is 0 Å². The van der Waals surface area contributed by atoms with E-state index >= 15 is 0 Å². The number of nitrogens with zero attached hydrogens (tertiary/aromatic N) is 2. The maximum absolute atomic E-state index is 2.47. The minimum Gasteiger partial charge on any atom is -0.311 e. The lowest BCUT2D eigenvalue weighted by Crippen LogP contribution is -2.14. The van der Waals surface area contributed by atoms with E-state index < -0.39 is 0 Å². The number of anilines is 3. The first-order valence-electron chi connectivity index (χ1n) is 21.7. The standard InChI is InChI=1S/C60H44N2/c1-39-25-35-52-53(37-39)59(41-28-36-47-46-17-9-12-22-54(46)60(2,3)55(47)38-41)51-21-8-7-20-50(51)58(52)40-26-29-43(30-27-40)61(42-15-5-4-6-16-42)44-31-33-45(34-32-44)62-56-23-13-10-18-48(56)49-19-11-14-24-57(49)62/h4-38H,1-3H3. The number of hydrogen-bond acceptors (Lipinski definition) is 1. The zero-order valence-corrected chi connectivity index (χ0v) is 35.1. The fourth-order valence-corrected chi connectivity index (χ4v) is 10.5. The zero-order valence-electron chi connectivity index (χ0n) is 35.1. The predicted molar refractivity (Wildman–Crippen MR) is 264 cm³/mol. The van der Waals surface area contributed by atoms with Gasteiger partial charge in [0.15, 0.2) is 0 Å². The number of para-hydroxylation sites is 3. The van der Waals surface area contributed by atoms with Crippen molar-refractivity contribution in [1.82, 2.24) is 4.57 Å². The van der Waals surface area contributed by atoms with Gasteiger partial charge in [-0.2, -0.15) is 0 Å². The van der Waals surface area contributed by atoms with Crippen molar-refractivity contribution < 1.29 is 0 Å². The van der Waals surface area contributed by atoms with Gasteiger partial charge in [-0.3, -0.25) is 0 Å². The van der Waals surface area contributed by atoms with Crippen LogP contribution in [0.4, 0.5) is 17.1 Å². The van der Waals surface area contributed by atoms with E-state index in [4.69, 9.17) is 0 Å². The van der Waals surface area contributed by atoms with Crippen LogP contribution in [0.25, 0.3) is 82.4 Å². The summed E-state index contributed by atoms with van der Waals surface area (Å²) in [7, 11) is 0. The Labute approximate surface area is 362 Å². The monoisotopic (exact) mass is 792 g/mol. The average Bonchev–Trinajstić information content (AvgIpc) is 3.77. The fraction of sp³-hybridized carbons (Fsp3) is 0.0667. The highest BCUT2D eigenvalue weighted by atomic mass is 15.1. The molecule has 0 saturated carbocycles. The van der Waals surface area contributed by atoms with Gasteiger partial charge in [-0.1, -0.05) is 165 Å². The highest BCUT2D eigenvalue weighted by Gasteiger charge is 2.35. The van der Waals surface area contributed by atoms with Gasteiger partial charge in [0.05, 0.1) is 11.0 Å². The van der Waals surface area contributed by atoms with Crippen molar-refractivity contribution in [3.05, 3.63) is 229 Å². The van der Waals surface area contributed by atoms with Crippen LogP contribution < -0.4 is 4.90 Å². The van der Waals surface area contributed by atoms with Gasteiger partial charge in [0.1, 0.15) is 0 Å². The molecule has 0 unspecified atom stereocenters. The van der Waals surface area contributed by atoms with E-state index in [1.165, 1.54) is 93.4 Å². The van der Waals surface area contributed by atoms with E-state index in [-0.39, 0.29) is 5.41 Å². The van der Waals surface area contributed by atoms with Crippen LogP contribution in [0.3, 0.4) is 0 Å². The molecule has 1 aliphatic carbocycles. The van der Waals surface area contributed by atoms with Crippen molar-refractivity contribution >= 4 is 60.4 Å². The van der Waals surface area contributed by atoms with Crippen molar-refractivity contribution in [2.75, 3.05) is 4.90 Å². The zero-order chi connectivity index (χ0) is 41.5. The first-order chi connectivity index (χ1) is 30.4. The SMILES string of the molecule is Cc1ccc2c(-c3ccc(N(c4ccccc4)c4ccc(-n5c6ccccc6c6ccccc65)cc4)cc3)c3ccccc3c(-c3ccc4c(c3)C(C)(C)c3ccccc3-4)c2c1. The van der Waals surface area contributed by atoms with Crippen molar-refractivity contribution in [3.63, 3.8) is 0 Å². The van der Waals surface area contributed by atoms with Crippen LogP contribution in [0.1, 0.15) is 30.5 Å². The number of benzene rings is 10. The molecule has 0 amide bonds. The fourth-order valence-electron chi connectivity index (χ4n) is 10.5.